The third kappa shape index (κ3) is 4.07. The number of rotatable bonds is 6. The van der Waals surface area contributed by atoms with Gasteiger partial charge >= 0.3 is 0 Å². The monoisotopic (exact) mass is 322 g/mol. The van der Waals surface area contributed by atoms with E-state index in [0.29, 0.717) is 5.82 Å². The number of hydrogen-bond donors (Lipinski definition) is 1. The van der Waals surface area contributed by atoms with Gasteiger partial charge in [0, 0.05) is 30.1 Å². The van der Waals surface area contributed by atoms with Crippen molar-refractivity contribution in [2.24, 2.45) is 0 Å². The first-order valence-electron chi connectivity index (χ1n) is 7.44. The Morgan fingerprint density at radius 3 is 2.83 bits per heavy atom. The first-order chi connectivity index (χ1) is 11.4. The molecule has 3 rings (SSSR count). The molecule has 0 aliphatic rings. The fraction of sp³-hybridized carbons (Fsp3) is 0.167. The van der Waals surface area contributed by atoms with E-state index in [-0.39, 0.29) is 0 Å². The summed E-state index contributed by atoms with van der Waals surface area (Å²) in [5.74, 6) is 2.62. The Morgan fingerprint density at radius 2 is 2.00 bits per heavy atom. The summed E-state index contributed by atoms with van der Waals surface area (Å²) in [5, 5.41) is 4.46. The van der Waals surface area contributed by atoms with Gasteiger partial charge in [0.1, 0.15) is 5.82 Å². The average molecular weight is 322 g/mol. The van der Waals surface area contributed by atoms with Gasteiger partial charge in [0.25, 0.3) is 0 Å². The molecule has 3 aromatic rings. The van der Waals surface area contributed by atoms with Crippen molar-refractivity contribution < 1.29 is 0 Å². The molecule has 4 nitrogen and oxygen atoms in total. The molecule has 2 heterocycles. The van der Waals surface area contributed by atoms with Crippen LogP contribution < -0.4 is 5.32 Å². The van der Waals surface area contributed by atoms with Gasteiger partial charge in [-0.1, -0.05) is 18.2 Å². The summed E-state index contributed by atoms with van der Waals surface area (Å²) >= 11 is 1.81. The van der Waals surface area contributed by atoms with Gasteiger partial charge < -0.3 is 5.32 Å². The summed E-state index contributed by atoms with van der Waals surface area (Å²) < 4.78 is 0. The van der Waals surface area contributed by atoms with Crippen LogP contribution in [0.4, 0.5) is 5.82 Å². The van der Waals surface area contributed by atoms with E-state index in [2.05, 4.69) is 26.5 Å². The second-order valence-corrected chi connectivity index (χ2v) is 5.97. The van der Waals surface area contributed by atoms with Gasteiger partial charge in [-0.3, -0.25) is 4.98 Å². The van der Waals surface area contributed by atoms with E-state index in [0.717, 1.165) is 34.6 Å². The smallest absolute Gasteiger partial charge is 0.154 e. The molecule has 5 heteroatoms. The Balaban J connectivity index is 1.92. The van der Waals surface area contributed by atoms with Crippen molar-refractivity contribution in [1.82, 2.24) is 15.0 Å². The molecular formula is C18H18N4S. The molecule has 0 amide bonds. The molecule has 0 radical (unpaired) electrons. The van der Waals surface area contributed by atoms with Gasteiger partial charge in [0.15, 0.2) is 5.82 Å². The molecule has 1 aromatic carbocycles. The molecule has 23 heavy (non-hydrogen) atoms. The zero-order valence-electron chi connectivity index (χ0n) is 12.9. The molecule has 0 atom stereocenters. The highest BCUT2D eigenvalue weighted by Crippen LogP contribution is 2.20. The first-order valence-corrected chi connectivity index (χ1v) is 8.84. The molecule has 0 aliphatic carbocycles. The van der Waals surface area contributed by atoms with Crippen LogP contribution in [-0.2, 0) is 0 Å². The van der Waals surface area contributed by atoms with E-state index in [9.17, 15) is 0 Å². The average Bonchev–Trinajstić information content (AvgIpc) is 2.61. The number of fused-ring (bicyclic) bond motifs is 1. The number of nitrogens with zero attached hydrogens (tertiary/aromatic N) is 3. The largest absolute Gasteiger partial charge is 0.369 e. The first kappa shape index (κ1) is 15.5. The van der Waals surface area contributed by atoms with Crippen LogP contribution in [0.15, 0.2) is 48.8 Å². The van der Waals surface area contributed by atoms with E-state index in [1.54, 1.807) is 6.20 Å². The highest BCUT2D eigenvalue weighted by Gasteiger charge is 2.05. The summed E-state index contributed by atoms with van der Waals surface area (Å²) in [6.07, 6.45) is 9.57. The Bertz CT molecular complexity index is 802. The predicted molar refractivity (Wildman–Crippen MR) is 99.6 cm³/mol. The molecule has 116 valence electrons. The van der Waals surface area contributed by atoms with E-state index in [1.165, 1.54) is 0 Å². The van der Waals surface area contributed by atoms with Crippen molar-refractivity contribution in [3.8, 4) is 0 Å². The molecule has 1 N–H and O–H groups in total. The minimum atomic E-state index is 0.694. The van der Waals surface area contributed by atoms with Crippen molar-refractivity contribution in [2.75, 3.05) is 23.9 Å². The van der Waals surface area contributed by atoms with Crippen LogP contribution in [0.1, 0.15) is 11.4 Å². The van der Waals surface area contributed by atoms with Crippen LogP contribution in [0, 0.1) is 0 Å². The molecule has 0 aliphatic heterocycles. The SMILES string of the molecule is CSCCNc1nc(C=Cc2cccnc2)nc2ccccc12. The molecule has 0 saturated carbocycles. The summed E-state index contributed by atoms with van der Waals surface area (Å²) in [6, 6.07) is 12.0. The van der Waals surface area contributed by atoms with Crippen LogP contribution in [0.25, 0.3) is 23.1 Å². The Hall–Kier alpha value is -2.40. The number of anilines is 1. The van der Waals surface area contributed by atoms with Gasteiger partial charge in [-0.2, -0.15) is 11.8 Å². The van der Waals surface area contributed by atoms with Crippen LogP contribution in [0.3, 0.4) is 0 Å². The summed E-state index contributed by atoms with van der Waals surface area (Å²) in [5.41, 5.74) is 1.97. The maximum atomic E-state index is 4.65. The lowest BCUT2D eigenvalue weighted by Gasteiger charge is -2.09. The molecule has 0 spiro atoms. The maximum Gasteiger partial charge on any atom is 0.154 e. The van der Waals surface area contributed by atoms with Gasteiger partial charge in [-0.05, 0) is 42.2 Å². The zero-order valence-corrected chi connectivity index (χ0v) is 13.8. The fourth-order valence-electron chi connectivity index (χ4n) is 2.22. The van der Waals surface area contributed by atoms with E-state index < -0.39 is 0 Å². The summed E-state index contributed by atoms with van der Waals surface area (Å²) in [7, 11) is 0. The molecule has 0 unspecified atom stereocenters. The van der Waals surface area contributed by atoms with Crippen molar-refractivity contribution in [3.63, 3.8) is 0 Å². The van der Waals surface area contributed by atoms with E-state index in [4.69, 9.17) is 0 Å². The number of benzene rings is 1. The minimum absolute atomic E-state index is 0.694. The Morgan fingerprint density at radius 1 is 1.09 bits per heavy atom. The number of para-hydroxylation sites is 1. The van der Waals surface area contributed by atoms with Gasteiger partial charge in [-0.25, -0.2) is 9.97 Å². The van der Waals surface area contributed by atoms with E-state index in [1.807, 2.05) is 66.5 Å². The number of aromatic nitrogens is 3. The van der Waals surface area contributed by atoms with Crippen LogP contribution in [0.5, 0.6) is 0 Å². The normalized spacial score (nSPS) is 11.2. The topological polar surface area (TPSA) is 50.7 Å². The standard InChI is InChI=1S/C18H18N4S/c1-23-12-11-20-18-15-6-2-3-7-16(15)21-17(22-18)9-8-14-5-4-10-19-13-14/h2-10,13H,11-12H2,1H3,(H,20,21,22). The van der Waals surface area contributed by atoms with Crippen molar-refractivity contribution in [3.05, 3.63) is 60.2 Å². The van der Waals surface area contributed by atoms with Gasteiger partial charge in [0.05, 0.1) is 5.52 Å². The predicted octanol–water partition coefficient (Wildman–Crippen LogP) is 3.97. The Labute approximate surface area is 140 Å². The lowest BCUT2D eigenvalue weighted by atomic mass is 10.2. The van der Waals surface area contributed by atoms with Crippen LogP contribution in [0.2, 0.25) is 0 Å². The summed E-state index contributed by atoms with van der Waals surface area (Å²) in [6.45, 7) is 0.883. The number of thioether (sulfide) groups is 1. The van der Waals surface area contributed by atoms with Crippen molar-refractivity contribution >= 4 is 40.6 Å². The highest BCUT2D eigenvalue weighted by atomic mass is 32.2. The maximum absolute atomic E-state index is 4.65. The van der Waals surface area contributed by atoms with Gasteiger partial charge in [0.2, 0.25) is 0 Å². The quantitative estimate of drug-likeness (QED) is 0.696. The highest BCUT2D eigenvalue weighted by molar-refractivity contribution is 7.98. The summed E-state index contributed by atoms with van der Waals surface area (Å²) in [4.78, 5) is 13.4. The lowest BCUT2D eigenvalue weighted by molar-refractivity contribution is 1.13. The fourth-order valence-corrected chi connectivity index (χ4v) is 2.53. The zero-order chi connectivity index (χ0) is 15.9. The van der Waals surface area contributed by atoms with Crippen molar-refractivity contribution in [2.45, 2.75) is 0 Å². The second kappa shape index (κ2) is 7.74. The third-order valence-corrected chi connectivity index (χ3v) is 3.94. The number of nitrogens with one attached hydrogen (secondary N) is 1. The number of hydrogen-bond acceptors (Lipinski definition) is 5. The van der Waals surface area contributed by atoms with E-state index >= 15 is 0 Å². The molecule has 0 saturated heterocycles. The number of pyridine rings is 1. The second-order valence-electron chi connectivity index (χ2n) is 4.99. The molecule has 0 fully saturated rings. The van der Waals surface area contributed by atoms with Crippen LogP contribution >= 0.6 is 11.8 Å². The van der Waals surface area contributed by atoms with Gasteiger partial charge in [-0.15, -0.1) is 0 Å². The molecular weight excluding hydrogens is 304 g/mol. The third-order valence-electron chi connectivity index (χ3n) is 3.33. The van der Waals surface area contributed by atoms with Crippen molar-refractivity contribution in [1.29, 1.82) is 0 Å². The lowest BCUT2D eigenvalue weighted by Crippen LogP contribution is -2.07. The Kier molecular flexibility index (Phi) is 5.21. The molecule has 0 bridgehead atoms. The van der Waals surface area contributed by atoms with Crippen LogP contribution in [-0.4, -0.2) is 33.5 Å². The molecule has 2 aromatic heterocycles. The minimum Gasteiger partial charge on any atom is -0.369 e.